The van der Waals surface area contributed by atoms with Gasteiger partial charge in [-0.3, -0.25) is 0 Å². The van der Waals surface area contributed by atoms with Gasteiger partial charge in [-0.25, -0.2) is 0 Å². The fraction of sp³-hybridized carbons (Fsp3) is 0.692. The third-order valence-electron chi connectivity index (χ3n) is 4.06. The van der Waals surface area contributed by atoms with E-state index in [-0.39, 0.29) is 0 Å². The van der Waals surface area contributed by atoms with Crippen molar-refractivity contribution in [2.75, 3.05) is 24.5 Å². The first kappa shape index (κ1) is 10.6. The van der Waals surface area contributed by atoms with E-state index in [9.17, 15) is 0 Å². The van der Waals surface area contributed by atoms with Gasteiger partial charge < -0.3 is 10.2 Å². The molecular weight excluding hydrogens is 216 g/mol. The van der Waals surface area contributed by atoms with Crippen molar-refractivity contribution in [3.05, 3.63) is 16.8 Å². The predicted molar refractivity (Wildman–Crippen MR) is 70.4 cm³/mol. The lowest BCUT2D eigenvalue weighted by molar-refractivity contribution is 0.216. The molecule has 1 aliphatic carbocycles. The van der Waals surface area contributed by atoms with Crippen molar-refractivity contribution < 1.29 is 0 Å². The van der Waals surface area contributed by atoms with E-state index in [1.165, 1.54) is 50.9 Å². The molecule has 0 atom stereocenters. The molecule has 2 heterocycles. The molecule has 1 aromatic rings. The Balaban J connectivity index is 1.74. The topological polar surface area (TPSA) is 15.3 Å². The summed E-state index contributed by atoms with van der Waals surface area (Å²) in [7, 11) is 0. The lowest BCUT2D eigenvalue weighted by Gasteiger charge is -2.46. The van der Waals surface area contributed by atoms with Gasteiger partial charge in [-0.05, 0) is 24.3 Å². The van der Waals surface area contributed by atoms with Crippen molar-refractivity contribution in [1.29, 1.82) is 0 Å². The van der Waals surface area contributed by atoms with Crippen LogP contribution in [0.25, 0.3) is 0 Å². The molecule has 0 aromatic carbocycles. The zero-order valence-corrected chi connectivity index (χ0v) is 10.6. The summed E-state index contributed by atoms with van der Waals surface area (Å²) in [6.45, 7) is 3.53. The molecule has 1 aromatic heterocycles. The molecule has 0 bridgehead atoms. The van der Waals surface area contributed by atoms with Crippen molar-refractivity contribution in [2.45, 2.75) is 37.6 Å². The molecule has 2 fully saturated rings. The lowest BCUT2D eigenvalue weighted by atomic mass is 9.80. The Morgan fingerprint density at radius 1 is 1.25 bits per heavy atom. The summed E-state index contributed by atoms with van der Waals surface area (Å²) >= 11 is 1.81. The second-order valence-electron chi connectivity index (χ2n) is 5.17. The van der Waals surface area contributed by atoms with Gasteiger partial charge in [-0.2, -0.15) is 11.3 Å². The summed E-state index contributed by atoms with van der Waals surface area (Å²) in [4.78, 5) is 2.57. The molecule has 0 amide bonds. The molecule has 0 radical (unpaired) electrons. The standard InChI is InChI=1S/C13H20N2S/c1-2-5-13(6-3-1)11-15(8-7-14-13)12-4-9-16-10-12/h4,9-10,14H,1-3,5-8,11H2. The maximum atomic E-state index is 3.79. The molecule has 0 unspecified atom stereocenters. The van der Waals surface area contributed by atoms with Crippen LogP contribution in [0.3, 0.4) is 0 Å². The molecule has 1 saturated heterocycles. The van der Waals surface area contributed by atoms with Crippen LogP contribution in [0, 0.1) is 0 Å². The van der Waals surface area contributed by atoms with Gasteiger partial charge >= 0.3 is 0 Å². The zero-order valence-electron chi connectivity index (χ0n) is 9.74. The molecule has 2 aliphatic rings. The summed E-state index contributed by atoms with van der Waals surface area (Å²) in [5.41, 5.74) is 1.86. The Bertz CT molecular complexity index is 322. The number of hydrogen-bond acceptors (Lipinski definition) is 3. The molecule has 1 N–H and O–H groups in total. The van der Waals surface area contributed by atoms with Gasteiger partial charge in [0.25, 0.3) is 0 Å². The van der Waals surface area contributed by atoms with E-state index < -0.39 is 0 Å². The van der Waals surface area contributed by atoms with Gasteiger partial charge in [0.1, 0.15) is 0 Å². The molecule has 1 aliphatic heterocycles. The van der Waals surface area contributed by atoms with Crippen molar-refractivity contribution in [1.82, 2.24) is 5.32 Å². The highest BCUT2D eigenvalue weighted by molar-refractivity contribution is 7.08. The summed E-state index contributed by atoms with van der Waals surface area (Å²) in [5.74, 6) is 0. The van der Waals surface area contributed by atoms with Gasteiger partial charge in [0.2, 0.25) is 0 Å². The number of nitrogens with one attached hydrogen (secondary N) is 1. The average molecular weight is 236 g/mol. The zero-order chi connectivity index (χ0) is 10.8. The van der Waals surface area contributed by atoms with E-state index in [0.29, 0.717) is 5.54 Å². The maximum absolute atomic E-state index is 3.79. The quantitative estimate of drug-likeness (QED) is 0.806. The van der Waals surface area contributed by atoms with Gasteiger partial charge in [-0.15, -0.1) is 0 Å². The molecule has 3 heteroatoms. The van der Waals surface area contributed by atoms with E-state index in [4.69, 9.17) is 0 Å². The minimum absolute atomic E-state index is 0.429. The van der Waals surface area contributed by atoms with Crippen LogP contribution < -0.4 is 10.2 Å². The van der Waals surface area contributed by atoms with Crippen molar-refractivity contribution in [2.24, 2.45) is 0 Å². The highest BCUT2D eigenvalue weighted by atomic mass is 32.1. The number of anilines is 1. The van der Waals surface area contributed by atoms with Crippen LogP contribution in [-0.4, -0.2) is 25.2 Å². The minimum Gasteiger partial charge on any atom is -0.368 e. The first-order valence-electron chi connectivity index (χ1n) is 6.40. The van der Waals surface area contributed by atoms with Crippen molar-refractivity contribution in [3.8, 4) is 0 Å². The minimum atomic E-state index is 0.429. The van der Waals surface area contributed by atoms with Crippen LogP contribution in [0.15, 0.2) is 16.8 Å². The Labute approximate surface area is 102 Å². The molecule has 16 heavy (non-hydrogen) atoms. The smallest absolute Gasteiger partial charge is 0.0475 e. The number of nitrogens with zero attached hydrogens (tertiary/aromatic N) is 1. The fourth-order valence-electron chi connectivity index (χ4n) is 3.18. The Morgan fingerprint density at radius 3 is 2.88 bits per heavy atom. The predicted octanol–water partition coefficient (Wildman–Crippen LogP) is 2.86. The van der Waals surface area contributed by atoms with Crippen LogP contribution in [0.5, 0.6) is 0 Å². The molecule has 1 saturated carbocycles. The summed E-state index contributed by atoms with van der Waals surface area (Å²) < 4.78 is 0. The highest BCUT2D eigenvalue weighted by Gasteiger charge is 2.36. The van der Waals surface area contributed by atoms with E-state index in [0.717, 1.165) is 6.54 Å². The highest BCUT2D eigenvalue weighted by Crippen LogP contribution is 2.32. The fourth-order valence-corrected chi connectivity index (χ4v) is 3.84. The van der Waals surface area contributed by atoms with Gasteiger partial charge in [0, 0.05) is 36.2 Å². The van der Waals surface area contributed by atoms with Crippen LogP contribution >= 0.6 is 11.3 Å². The number of piperazine rings is 1. The monoisotopic (exact) mass is 236 g/mol. The van der Waals surface area contributed by atoms with E-state index in [1.807, 2.05) is 0 Å². The van der Waals surface area contributed by atoms with E-state index in [2.05, 4.69) is 27.0 Å². The first-order chi connectivity index (χ1) is 7.88. The molecule has 2 nitrogen and oxygen atoms in total. The Morgan fingerprint density at radius 2 is 2.12 bits per heavy atom. The number of hydrogen-bond donors (Lipinski definition) is 1. The third kappa shape index (κ3) is 1.98. The normalized spacial score (nSPS) is 24.9. The average Bonchev–Trinajstić information content (AvgIpc) is 2.83. The van der Waals surface area contributed by atoms with Crippen LogP contribution in [0.4, 0.5) is 5.69 Å². The molecule has 3 rings (SSSR count). The van der Waals surface area contributed by atoms with Gasteiger partial charge in [-0.1, -0.05) is 19.3 Å². The Kier molecular flexibility index (Phi) is 2.90. The van der Waals surface area contributed by atoms with Crippen LogP contribution in [0.2, 0.25) is 0 Å². The number of rotatable bonds is 1. The van der Waals surface area contributed by atoms with Crippen molar-refractivity contribution in [3.63, 3.8) is 0 Å². The largest absolute Gasteiger partial charge is 0.368 e. The molecular formula is C13H20N2S. The second kappa shape index (κ2) is 4.38. The van der Waals surface area contributed by atoms with E-state index in [1.54, 1.807) is 11.3 Å². The van der Waals surface area contributed by atoms with Crippen LogP contribution in [-0.2, 0) is 0 Å². The SMILES string of the molecule is c1cc(N2CCNC3(CCCCC3)C2)cs1. The summed E-state index contributed by atoms with van der Waals surface area (Å²) in [6.07, 6.45) is 6.98. The number of thiophene rings is 1. The third-order valence-corrected chi connectivity index (χ3v) is 4.73. The van der Waals surface area contributed by atoms with Gasteiger partial charge in [0.15, 0.2) is 0 Å². The first-order valence-corrected chi connectivity index (χ1v) is 7.35. The Hall–Kier alpha value is -0.540. The second-order valence-corrected chi connectivity index (χ2v) is 5.95. The molecule has 1 spiro atoms. The van der Waals surface area contributed by atoms with Gasteiger partial charge in [0.05, 0.1) is 0 Å². The lowest BCUT2D eigenvalue weighted by Crippen LogP contribution is -2.61. The summed E-state index contributed by atoms with van der Waals surface area (Å²) in [6, 6.07) is 2.26. The van der Waals surface area contributed by atoms with E-state index >= 15 is 0 Å². The summed E-state index contributed by atoms with van der Waals surface area (Å²) in [5, 5.41) is 8.25. The van der Waals surface area contributed by atoms with Crippen molar-refractivity contribution >= 4 is 17.0 Å². The maximum Gasteiger partial charge on any atom is 0.0475 e. The molecule has 88 valence electrons. The van der Waals surface area contributed by atoms with Crippen LogP contribution in [0.1, 0.15) is 32.1 Å².